The Bertz CT molecular complexity index is 799. The lowest BCUT2D eigenvalue weighted by Crippen LogP contribution is -2.39. The molecule has 2 aromatic heterocycles. The first-order valence-corrected chi connectivity index (χ1v) is 9.74. The van der Waals surface area contributed by atoms with Crippen LogP contribution in [-0.2, 0) is 19.4 Å². The number of guanidine groups is 1. The Labute approximate surface area is 182 Å². The molecule has 2 heterocycles. The van der Waals surface area contributed by atoms with E-state index in [2.05, 4.69) is 67.0 Å². The minimum absolute atomic E-state index is 0. The molecule has 0 saturated carbocycles. The summed E-state index contributed by atoms with van der Waals surface area (Å²) in [7, 11) is 1.80. The Morgan fingerprint density at radius 3 is 2.56 bits per heavy atom. The fraction of sp³-hybridized carbons (Fsp3) is 0.300. The van der Waals surface area contributed by atoms with Gasteiger partial charge in [0.05, 0.1) is 0 Å². The van der Waals surface area contributed by atoms with E-state index in [1.165, 1.54) is 10.4 Å². The molecule has 0 saturated heterocycles. The van der Waals surface area contributed by atoms with Crippen molar-refractivity contribution in [2.24, 2.45) is 4.99 Å². The highest BCUT2D eigenvalue weighted by Crippen LogP contribution is 2.08. The van der Waals surface area contributed by atoms with Gasteiger partial charge in [0.1, 0.15) is 5.82 Å². The van der Waals surface area contributed by atoms with Gasteiger partial charge in [-0.05, 0) is 23.4 Å². The highest BCUT2D eigenvalue weighted by Gasteiger charge is 2.04. The van der Waals surface area contributed by atoms with Crippen LogP contribution in [0.1, 0.15) is 16.3 Å². The smallest absolute Gasteiger partial charge is 0.191 e. The molecule has 3 rings (SSSR count). The van der Waals surface area contributed by atoms with Crippen molar-refractivity contribution in [1.82, 2.24) is 20.2 Å². The fourth-order valence-corrected chi connectivity index (χ4v) is 3.47. The molecule has 144 valence electrons. The number of hydrogen-bond donors (Lipinski definition) is 2. The van der Waals surface area contributed by atoms with Gasteiger partial charge in [0.2, 0.25) is 0 Å². The molecule has 0 radical (unpaired) electrons. The van der Waals surface area contributed by atoms with Crippen molar-refractivity contribution in [2.75, 3.05) is 20.1 Å². The summed E-state index contributed by atoms with van der Waals surface area (Å²) in [5.74, 6) is 1.91. The molecule has 7 heteroatoms. The Kier molecular flexibility index (Phi) is 9.34. The van der Waals surface area contributed by atoms with Crippen molar-refractivity contribution in [3.8, 4) is 0 Å². The molecule has 0 spiro atoms. The number of rotatable bonds is 8. The summed E-state index contributed by atoms with van der Waals surface area (Å²) in [6.45, 7) is 2.53. The number of hydrogen-bond acceptors (Lipinski definition) is 3. The van der Waals surface area contributed by atoms with Gasteiger partial charge in [0.25, 0.3) is 0 Å². The molecule has 0 atom stereocenters. The molecule has 1 aromatic carbocycles. The third-order valence-electron chi connectivity index (χ3n) is 4.11. The van der Waals surface area contributed by atoms with Crippen LogP contribution in [0.4, 0.5) is 0 Å². The second-order valence-corrected chi connectivity index (χ2v) is 6.99. The molecular weight excluding hydrogens is 469 g/mol. The van der Waals surface area contributed by atoms with Crippen LogP contribution in [0.25, 0.3) is 0 Å². The first kappa shape index (κ1) is 21.4. The molecule has 0 fully saturated rings. The lowest BCUT2D eigenvalue weighted by atomic mass is 10.2. The number of halogens is 1. The molecule has 0 aliphatic rings. The van der Waals surface area contributed by atoms with E-state index in [0.29, 0.717) is 0 Å². The lowest BCUT2D eigenvalue weighted by molar-refractivity contribution is 0.694. The summed E-state index contributed by atoms with van der Waals surface area (Å²) in [4.78, 5) is 10.2. The molecule has 0 unspecified atom stereocenters. The van der Waals surface area contributed by atoms with Crippen molar-refractivity contribution in [3.05, 3.63) is 76.5 Å². The van der Waals surface area contributed by atoms with Gasteiger partial charge < -0.3 is 15.2 Å². The van der Waals surface area contributed by atoms with Gasteiger partial charge in [-0.3, -0.25) is 4.99 Å². The SMILES string of the molecule is CN=C(NCCc1cccs1)NCCc1nccn1Cc1ccccc1.I. The molecule has 5 nitrogen and oxygen atoms in total. The monoisotopic (exact) mass is 495 g/mol. The van der Waals surface area contributed by atoms with Crippen LogP contribution < -0.4 is 10.6 Å². The molecule has 0 aliphatic heterocycles. The summed E-state index contributed by atoms with van der Waals surface area (Å²) in [6.07, 6.45) is 5.77. The van der Waals surface area contributed by atoms with Crippen LogP contribution in [0.2, 0.25) is 0 Å². The maximum absolute atomic E-state index is 4.50. The van der Waals surface area contributed by atoms with Gasteiger partial charge in [-0.1, -0.05) is 36.4 Å². The maximum atomic E-state index is 4.50. The normalized spacial score (nSPS) is 11.1. The van der Waals surface area contributed by atoms with E-state index in [0.717, 1.165) is 44.3 Å². The van der Waals surface area contributed by atoms with Crippen molar-refractivity contribution < 1.29 is 0 Å². The third-order valence-corrected chi connectivity index (χ3v) is 5.04. The second kappa shape index (κ2) is 11.8. The average molecular weight is 495 g/mol. The lowest BCUT2D eigenvalue weighted by Gasteiger charge is -2.12. The molecule has 0 amide bonds. The van der Waals surface area contributed by atoms with E-state index >= 15 is 0 Å². The third kappa shape index (κ3) is 6.99. The quantitative estimate of drug-likeness (QED) is 0.286. The zero-order valence-corrected chi connectivity index (χ0v) is 18.6. The van der Waals surface area contributed by atoms with Gasteiger partial charge >= 0.3 is 0 Å². The Morgan fingerprint density at radius 2 is 1.85 bits per heavy atom. The zero-order chi connectivity index (χ0) is 18.0. The van der Waals surface area contributed by atoms with E-state index in [4.69, 9.17) is 0 Å². The average Bonchev–Trinajstić information content (AvgIpc) is 3.34. The van der Waals surface area contributed by atoms with Crippen LogP contribution in [0.15, 0.2) is 65.2 Å². The van der Waals surface area contributed by atoms with E-state index in [9.17, 15) is 0 Å². The van der Waals surface area contributed by atoms with E-state index in [1.807, 2.05) is 18.5 Å². The standard InChI is InChI=1S/C20H25N5S.HI/c1-21-20(23-11-9-18-8-5-15-26-18)24-12-10-19-22-13-14-25(19)16-17-6-3-2-4-7-17;/h2-8,13-15H,9-12,16H2,1H3,(H2,21,23,24);1H. The largest absolute Gasteiger partial charge is 0.356 e. The summed E-state index contributed by atoms with van der Waals surface area (Å²) in [5, 5.41) is 8.84. The summed E-state index contributed by atoms with van der Waals surface area (Å²) >= 11 is 1.79. The molecular formula is C20H26IN5S. The summed E-state index contributed by atoms with van der Waals surface area (Å²) in [6, 6.07) is 14.7. The Balaban J connectivity index is 0.00000261. The van der Waals surface area contributed by atoms with Gasteiger partial charge in [0, 0.05) is 50.4 Å². The maximum Gasteiger partial charge on any atom is 0.191 e. The molecule has 27 heavy (non-hydrogen) atoms. The van der Waals surface area contributed by atoms with Crippen LogP contribution in [-0.4, -0.2) is 35.6 Å². The van der Waals surface area contributed by atoms with Gasteiger partial charge in [0.15, 0.2) is 5.96 Å². The van der Waals surface area contributed by atoms with E-state index in [1.54, 1.807) is 18.4 Å². The second-order valence-electron chi connectivity index (χ2n) is 5.96. The number of thiophene rings is 1. The highest BCUT2D eigenvalue weighted by molar-refractivity contribution is 14.0. The fourth-order valence-electron chi connectivity index (χ4n) is 2.76. The van der Waals surface area contributed by atoms with Crippen LogP contribution in [0.3, 0.4) is 0 Å². The minimum Gasteiger partial charge on any atom is -0.356 e. The topological polar surface area (TPSA) is 54.2 Å². The van der Waals surface area contributed by atoms with E-state index < -0.39 is 0 Å². The molecule has 0 bridgehead atoms. The van der Waals surface area contributed by atoms with Crippen LogP contribution in [0.5, 0.6) is 0 Å². The number of benzene rings is 1. The van der Waals surface area contributed by atoms with Crippen LogP contribution in [0, 0.1) is 0 Å². The summed E-state index contributed by atoms with van der Waals surface area (Å²) in [5.41, 5.74) is 1.28. The summed E-state index contributed by atoms with van der Waals surface area (Å²) < 4.78 is 2.20. The van der Waals surface area contributed by atoms with Crippen molar-refractivity contribution >= 4 is 41.3 Å². The minimum atomic E-state index is 0. The predicted molar refractivity (Wildman–Crippen MR) is 124 cm³/mol. The number of aromatic nitrogens is 2. The number of nitrogens with one attached hydrogen (secondary N) is 2. The predicted octanol–water partition coefficient (Wildman–Crippen LogP) is 3.56. The van der Waals surface area contributed by atoms with Crippen molar-refractivity contribution in [3.63, 3.8) is 0 Å². The number of nitrogens with zero attached hydrogens (tertiary/aromatic N) is 3. The number of imidazole rings is 1. The van der Waals surface area contributed by atoms with Gasteiger partial charge in [-0.2, -0.15) is 0 Å². The van der Waals surface area contributed by atoms with E-state index in [-0.39, 0.29) is 24.0 Å². The molecule has 0 aliphatic carbocycles. The molecule has 3 aromatic rings. The Hall–Kier alpha value is -1.87. The first-order valence-electron chi connectivity index (χ1n) is 8.86. The van der Waals surface area contributed by atoms with Crippen molar-refractivity contribution in [2.45, 2.75) is 19.4 Å². The zero-order valence-electron chi connectivity index (χ0n) is 15.5. The van der Waals surface area contributed by atoms with Crippen molar-refractivity contribution in [1.29, 1.82) is 0 Å². The highest BCUT2D eigenvalue weighted by atomic mass is 127. The molecule has 2 N–H and O–H groups in total. The van der Waals surface area contributed by atoms with Gasteiger partial charge in [-0.25, -0.2) is 4.98 Å². The van der Waals surface area contributed by atoms with Gasteiger partial charge in [-0.15, -0.1) is 35.3 Å². The Morgan fingerprint density at radius 1 is 1.07 bits per heavy atom. The first-order chi connectivity index (χ1) is 12.8. The number of aliphatic imine (C=N–C) groups is 1. The van der Waals surface area contributed by atoms with Crippen LogP contribution >= 0.6 is 35.3 Å².